The monoisotopic (exact) mass is 345 g/mol. The lowest BCUT2D eigenvalue weighted by Gasteiger charge is -2.24. The number of aromatic nitrogens is 1. The molecule has 0 fully saturated rings. The van der Waals surface area contributed by atoms with Crippen molar-refractivity contribution in [1.82, 2.24) is 9.88 Å². The van der Waals surface area contributed by atoms with Crippen LogP contribution in [0.3, 0.4) is 0 Å². The molecule has 0 aliphatic rings. The summed E-state index contributed by atoms with van der Waals surface area (Å²) in [7, 11) is 0. The molecular weight excluding hydrogens is 322 g/mol. The molecule has 0 saturated carbocycles. The first kappa shape index (κ1) is 18.1. The summed E-state index contributed by atoms with van der Waals surface area (Å²) >= 11 is 1.42. The third kappa shape index (κ3) is 4.89. The lowest BCUT2D eigenvalue weighted by atomic mass is 10.1. The van der Waals surface area contributed by atoms with Gasteiger partial charge in [0.1, 0.15) is 6.54 Å². The molecule has 0 spiro atoms. The molecule has 1 N–H and O–H groups in total. The summed E-state index contributed by atoms with van der Waals surface area (Å²) in [4.78, 5) is 31.9. The van der Waals surface area contributed by atoms with E-state index in [9.17, 15) is 9.59 Å². The molecule has 0 aliphatic carbocycles. The second-order valence-corrected chi connectivity index (χ2v) is 7.45. The van der Waals surface area contributed by atoms with E-state index >= 15 is 0 Å². The Kier molecular flexibility index (Phi) is 6.09. The Bertz CT molecular complexity index is 725. The van der Waals surface area contributed by atoms with Crippen LogP contribution in [0.4, 0.5) is 5.13 Å². The van der Waals surface area contributed by atoms with Crippen molar-refractivity contribution in [1.29, 1.82) is 0 Å². The van der Waals surface area contributed by atoms with Gasteiger partial charge in [-0.2, -0.15) is 0 Å². The summed E-state index contributed by atoms with van der Waals surface area (Å²) < 4.78 is 0. The van der Waals surface area contributed by atoms with Crippen molar-refractivity contribution in [2.75, 3.05) is 18.4 Å². The van der Waals surface area contributed by atoms with Gasteiger partial charge in [0.15, 0.2) is 5.13 Å². The number of carbonyl (C=O) groups is 2. The van der Waals surface area contributed by atoms with E-state index in [1.54, 1.807) is 17.2 Å². The summed E-state index contributed by atoms with van der Waals surface area (Å²) in [5, 5.41) is 3.32. The zero-order valence-electron chi connectivity index (χ0n) is 14.5. The Morgan fingerprint density at radius 3 is 2.54 bits per heavy atom. The number of rotatable bonds is 6. The highest BCUT2D eigenvalue weighted by molar-refractivity contribution is 7.15. The van der Waals surface area contributed by atoms with Crippen molar-refractivity contribution in [2.45, 2.75) is 27.7 Å². The Morgan fingerprint density at radius 1 is 1.25 bits per heavy atom. The molecule has 1 aromatic carbocycles. The van der Waals surface area contributed by atoms with Gasteiger partial charge in [-0.05, 0) is 31.4 Å². The second kappa shape index (κ2) is 8.06. The lowest BCUT2D eigenvalue weighted by molar-refractivity contribution is -0.117. The average Bonchev–Trinajstić information content (AvgIpc) is 2.91. The van der Waals surface area contributed by atoms with Crippen LogP contribution in [-0.2, 0) is 4.79 Å². The van der Waals surface area contributed by atoms with E-state index in [4.69, 9.17) is 0 Å². The van der Waals surface area contributed by atoms with Gasteiger partial charge in [-0.1, -0.05) is 32.0 Å². The fourth-order valence-electron chi connectivity index (χ4n) is 2.39. The summed E-state index contributed by atoms with van der Waals surface area (Å²) in [6.07, 6.45) is 1.71. The highest BCUT2D eigenvalue weighted by atomic mass is 32.1. The van der Waals surface area contributed by atoms with Crippen LogP contribution in [0, 0.1) is 19.8 Å². The number of nitrogens with zero attached hydrogens (tertiary/aromatic N) is 2. The SMILES string of the molecule is Cc1cnc(NC(=O)CN(CC(C)C)C(=O)c2ccccc2C)s1. The zero-order chi connectivity index (χ0) is 17.7. The van der Waals surface area contributed by atoms with Gasteiger partial charge < -0.3 is 10.2 Å². The van der Waals surface area contributed by atoms with E-state index < -0.39 is 0 Å². The van der Waals surface area contributed by atoms with Crippen LogP contribution in [0.1, 0.15) is 34.6 Å². The number of carbonyl (C=O) groups excluding carboxylic acids is 2. The molecule has 0 aliphatic heterocycles. The highest BCUT2D eigenvalue weighted by Crippen LogP contribution is 2.17. The van der Waals surface area contributed by atoms with Crippen molar-refractivity contribution in [2.24, 2.45) is 5.92 Å². The van der Waals surface area contributed by atoms with Crippen LogP contribution < -0.4 is 5.32 Å². The van der Waals surface area contributed by atoms with Crippen molar-refractivity contribution in [3.63, 3.8) is 0 Å². The molecule has 0 unspecified atom stereocenters. The molecule has 24 heavy (non-hydrogen) atoms. The fraction of sp³-hybridized carbons (Fsp3) is 0.389. The van der Waals surface area contributed by atoms with E-state index in [0.717, 1.165) is 10.4 Å². The minimum absolute atomic E-state index is 0.0178. The molecule has 2 aromatic rings. The maximum atomic E-state index is 12.8. The summed E-state index contributed by atoms with van der Waals surface area (Å²) in [6.45, 7) is 8.43. The molecule has 0 atom stereocenters. The Balaban J connectivity index is 2.11. The van der Waals surface area contributed by atoms with Crippen LogP contribution in [0.5, 0.6) is 0 Å². The van der Waals surface area contributed by atoms with Gasteiger partial charge in [0.25, 0.3) is 5.91 Å². The molecule has 6 heteroatoms. The van der Waals surface area contributed by atoms with Crippen LogP contribution in [0.15, 0.2) is 30.5 Å². The van der Waals surface area contributed by atoms with Gasteiger partial charge in [-0.15, -0.1) is 11.3 Å². The highest BCUT2D eigenvalue weighted by Gasteiger charge is 2.21. The minimum atomic E-state index is -0.230. The number of benzene rings is 1. The molecule has 5 nitrogen and oxygen atoms in total. The van der Waals surface area contributed by atoms with E-state index in [-0.39, 0.29) is 24.3 Å². The number of hydrogen-bond donors (Lipinski definition) is 1. The molecule has 128 valence electrons. The summed E-state index contributed by atoms with van der Waals surface area (Å²) in [5.41, 5.74) is 1.54. The predicted molar refractivity (Wildman–Crippen MR) is 97.4 cm³/mol. The van der Waals surface area contributed by atoms with Gasteiger partial charge in [0.2, 0.25) is 5.91 Å². The van der Waals surface area contributed by atoms with Gasteiger partial charge in [-0.3, -0.25) is 9.59 Å². The fourth-order valence-corrected chi connectivity index (χ4v) is 3.07. The van der Waals surface area contributed by atoms with Crippen molar-refractivity contribution in [3.8, 4) is 0 Å². The molecule has 1 aromatic heterocycles. The summed E-state index contributed by atoms with van der Waals surface area (Å²) in [6, 6.07) is 7.44. The largest absolute Gasteiger partial charge is 0.329 e. The van der Waals surface area contributed by atoms with E-state index in [1.807, 2.05) is 45.9 Å². The van der Waals surface area contributed by atoms with E-state index in [1.165, 1.54) is 11.3 Å². The van der Waals surface area contributed by atoms with Crippen LogP contribution in [0.25, 0.3) is 0 Å². The first-order chi connectivity index (χ1) is 11.4. The third-order valence-electron chi connectivity index (χ3n) is 3.45. The number of thiazole rings is 1. The quantitative estimate of drug-likeness (QED) is 0.871. The maximum Gasteiger partial charge on any atom is 0.254 e. The van der Waals surface area contributed by atoms with E-state index in [2.05, 4.69) is 10.3 Å². The van der Waals surface area contributed by atoms with Crippen LogP contribution in [0.2, 0.25) is 0 Å². The number of amides is 2. The van der Waals surface area contributed by atoms with Gasteiger partial charge in [0, 0.05) is 23.2 Å². The zero-order valence-corrected chi connectivity index (χ0v) is 15.3. The normalized spacial score (nSPS) is 10.7. The Morgan fingerprint density at radius 2 is 1.96 bits per heavy atom. The van der Waals surface area contributed by atoms with Gasteiger partial charge in [0.05, 0.1) is 0 Å². The number of aryl methyl sites for hydroxylation is 2. The van der Waals surface area contributed by atoms with Crippen LogP contribution >= 0.6 is 11.3 Å². The van der Waals surface area contributed by atoms with Crippen LogP contribution in [-0.4, -0.2) is 34.8 Å². The molecule has 2 rings (SSSR count). The number of nitrogens with one attached hydrogen (secondary N) is 1. The second-order valence-electron chi connectivity index (χ2n) is 6.22. The van der Waals surface area contributed by atoms with Crippen molar-refractivity contribution >= 4 is 28.3 Å². The molecule has 0 saturated heterocycles. The Hall–Kier alpha value is -2.21. The van der Waals surface area contributed by atoms with E-state index in [0.29, 0.717) is 17.2 Å². The first-order valence-corrected chi connectivity index (χ1v) is 8.75. The molecule has 1 heterocycles. The standard InChI is InChI=1S/C18H23N3O2S/c1-12(2)10-21(17(23)15-8-6-5-7-13(15)3)11-16(22)20-18-19-9-14(4)24-18/h5-9,12H,10-11H2,1-4H3,(H,19,20,22). The summed E-state index contributed by atoms with van der Waals surface area (Å²) in [5.74, 6) is -0.0768. The van der Waals surface area contributed by atoms with Gasteiger partial charge >= 0.3 is 0 Å². The molecular formula is C18H23N3O2S. The smallest absolute Gasteiger partial charge is 0.254 e. The van der Waals surface area contributed by atoms with Crippen molar-refractivity contribution in [3.05, 3.63) is 46.5 Å². The van der Waals surface area contributed by atoms with Gasteiger partial charge in [-0.25, -0.2) is 4.98 Å². The average molecular weight is 345 g/mol. The topological polar surface area (TPSA) is 62.3 Å². The lowest BCUT2D eigenvalue weighted by Crippen LogP contribution is -2.40. The number of anilines is 1. The molecule has 0 radical (unpaired) electrons. The molecule has 2 amide bonds. The van der Waals surface area contributed by atoms with Crippen molar-refractivity contribution < 1.29 is 9.59 Å². The number of hydrogen-bond acceptors (Lipinski definition) is 4. The Labute approximate surface area is 146 Å². The predicted octanol–water partition coefficient (Wildman–Crippen LogP) is 3.50. The molecule has 0 bridgehead atoms. The first-order valence-electron chi connectivity index (χ1n) is 7.94. The third-order valence-corrected chi connectivity index (χ3v) is 4.28. The maximum absolute atomic E-state index is 12.8. The minimum Gasteiger partial charge on any atom is -0.329 e.